The zero-order chi connectivity index (χ0) is 15.4. The minimum atomic E-state index is -0.839. The van der Waals surface area contributed by atoms with E-state index in [1.54, 1.807) is 4.90 Å². The summed E-state index contributed by atoms with van der Waals surface area (Å²) in [6, 6.07) is 7.33. The predicted octanol–water partition coefficient (Wildman–Crippen LogP) is 1.59. The van der Waals surface area contributed by atoms with Crippen molar-refractivity contribution in [2.24, 2.45) is 11.8 Å². The molecule has 0 aliphatic carbocycles. The molecular formula is C15H21N3O3. The van der Waals surface area contributed by atoms with Gasteiger partial charge in [-0.25, -0.2) is 4.79 Å². The van der Waals surface area contributed by atoms with Crippen molar-refractivity contribution in [1.29, 1.82) is 0 Å². The number of nitrogens with zero attached hydrogens (tertiary/aromatic N) is 1. The van der Waals surface area contributed by atoms with Gasteiger partial charge in [0.1, 0.15) is 0 Å². The van der Waals surface area contributed by atoms with Crippen molar-refractivity contribution in [1.82, 2.24) is 10.2 Å². The topological polar surface area (TPSA) is 81.7 Å². The Labute approximate surface area is 124 Å². The number of hydrogen-bond acceptors (Lipinski definition) is 3. The third-order valence-corrected chi connectivity index (χ3v) is 3.84. The number of amides is 2. The minimum absolute atomic E-state index is 0.0270. The predicted molar refractivity (Wildman–Crippen MR) is 80.1 cm³/mol. The summed E-state index contributed by atoms with van der Waals surface area (Å²) in [5.41, 5.74) is 1.75. The van der Waals surface area contributed by atoms with Gasteiger partial charge in [-0.15, -0.1) is 0 Å². The SMILES string of the molecule is CNCc1ccccc1NC(=O)N1CC(C)C(C(=O)O)C1. The Morgan fingerprint density at radius 2 is 2.05 bits per heavy atom. The maximum Gasteiger partial charge on any atom is 0.321 e. The molecule has 1 fully saturated rings. The Morgan fingerprint density at radius 3 is 2.67 bits per heavy atom. The number of nitrogens with one attached hydrogen (secondary N) is 2. The van der Waals surface area contributed by atoms with Crippen molar-refractivity contribution < 1.29 is 14.7 Å². The van der Waals surface area contributed by atoms with E-state index in [1.807, 2.05) is 38.2 Å². The number of carbonyl (C=O) groups is 2. The van der Waals surface area contributed by atoms with Gasteiger partial charge < -0.3 is 20.6 Å². The number of carbonyl (C=O) groups excluding carboxylic acids is 1. The summed E-state index contributed by atoms with van der Waals surface area (Å²) in [5, 5.41) is 15.0. The molecule has 0 saturated carbocycles. The van der Waals surface area contributed by atoms with E-state index in [-0.39, 0.29) is 18.5 Å². The van der Waals surface area contributed by atoms with Crippen molar-refractivity contribution >= 4 is 17.7 Å². The van der Waals surface area contributed by atoms with Gasteiger partial charge in [-0.2, -0.15) is 0 Å². The molecule has 2 amide bonds. The molecule has 0 bridgehead atoms. The Kier molecular flexibility index (Phi) is 4.80. The standard InChI is InChI=1S/C15H21N3O3/c1-10-8-18(9-12(10)14(19)20)15(21)17-13-6-4-3-5-11(13)7-16-2/h3-6,10,12,16H,7-9H2,1-2H3,(H,17,21)(H,19,20). The molecule has 0 aromatic heterocycles. The molecule has 1 aliphatic heterocycles. The second-order valence-corrected chi connectivity index (χ2v) is 5.44. The number of likely N-dealkylation sites (tertiary alicyclic amines) is 1. The highest BCUT2D eigenvalue weighted by Gasteiger charge is 2.37. The second kappa shape index (κ2) is 6.58. The van der Waals surface area contributed by atoms with Gasteiger partial charge in [-0.05, 0) is 24.6 Å². The number of urea groups is 1. The van der Waals surface area contributed by atoms with Crippen LogP contribution in [0.5, 0.6) is 0 Å². The van der Waals surface area contributed by atoms with E-state index < -0.39 is 11.9 Å². The monoisotopic (exact) mass is 291 g/mol. The molecule has 21 heavy (non-hydrogen) atoms. The summed E-state index contributed by atoms with van der Waals surface area (Å²) in [6.45, 7) is 3.25. The van der Waals surface area contributed by atoms with Gasteiger partial charge in [0, 0.05) is 25.3 Å². The molecule has 0 radical (unpaired) electrons. The number of hydrogen-bond donors (Lipinski definition) is 3. The lowest BCUT2D eigenvalue weighted by atomic mass is 9.99. The lowest BCUT2D eigenvalue weighted by Gasteiger charge is -2.18. The molecule has 2 atom stereocenters. The summed E-state index contributed by atoms with van der Waals surface area (Å²) in [4.78, 5) is 25.0. The first-order chi connectivity index (χ1) is 10.0. The fraction of sp³-hybridized carbons (Fsp3) is 0.467. The molecule has 6 nitrogen and oxygen atoms in total. The number of rotatable bonds is 4. The van der Waals surface area contributed by atoms with Crippen LogP contribution in [0.15, 0.2) is 24.3 Å². The average Bonchev–Trinajstić information content (AvgIpc) is 2.83. The van der Waals surface area contributed by atoms with Crippen molar-refractivity contribution in [2.75, 3.05) is 25.5 Å². The van der Waals surface area contributed by atoms with E-state index in [0.717, 1.165) is 11.3 Å². The molecule has 1 aliphatic rings. The van der Waals surface area contributed by atoms with E-state index in [1.165, 1.54) is 0 Å². The first kappa shape index (κ1) is 15.3. The summed E-state index contributed by atoms with van der Waals surface area (Å²) in [5.74, 6) is -1.35. The Balaban J connectivity index is 2.04. The highest BCUT2D eigenvalue weighted by Crippen LogP contribution is 2.24. The number of aliphatic carboxylic acids is 1. The zero-order valence-corrected chi connectivity index (χ0v) is 12.3. The highest BCUT2D eigenvalue weighted by atomic mass is 16.4. The molecule has 0 spiro atoms. The molecule has 1 aromatic rings. The van der Waals surface area contributed by atoms with Gasteiger partial charge in [0.15, 0.2) is 0 Å². The maximum absolute atomic E-state index is 12.3. The van der Waals surface area contributed by atoms with Crippen LogP contribution in [0.25, 0.3) is 0 Å². The van der Waals surface area contributed by atoms with Crippen LogP contribution in [0.4, 0.5) is 10.5 Å². The van der Waals surface area contributed by atoms with Crippen LogP contribution in [0.2, 0.25) is 0 Å². The first-order valence-electron chi connectivity index (χ1n) is 7.04. The van der Waals surface area contributed by atoms with E-state index in [2.05, 4.69) is 10.6 Å². The van der Waals surface area contributed by atoms with Crippen LogP contribution >= 0.6 is 0 Å². The third-order valence-electron chi connectivity index (χ3n) is 3.84. The summed E-state index contributed by atoms with van der Waals surface area (Å²) >= 11 is 0. The van der Waals surface area contributed by atoms with Crippen molar-refractivity contribution in [2.45, 2.75) is 13.5 Å². The number of carboxylic acid groups (broad SMARTS) is 1. The average molecular weight is 291 g/mol. The van der Waals surface area contributed by atoms with E-state index >= 15 is 0 Å². The fourth-order valence-corrected chi connectivity index (χ4v) is 2.64. The van der Waals surface area contributed by atoms with Crippen LogP contribution in [0, 0.1) is 11.8 Å². The molecule has 2 rings (SSSR count). The van der Waals surface area contributed by atoms with Crippen LogP contribution in [-0.2, 0) is 11.3 Å². The summed E-state index contributed by atoms with van der Waals surface area (Å²) < 4.78 is 0. The molecule has 1 saturated heterocycles. The Bertz CT molecular complexity index is 533. The van der Waals surface area contributed by atoms with Crippen molar-refractivity contribution in [3.05, 3.63) is 29.8 Å². The van der Waals surface area contributed by atoms with Crippen LogP contribution in [0.3, 0.4) is 0 Å². The van der Waals surface area contributed by atoms with Gasteiger partial charge in [-0.1, -0.05) is 25.1 Å². The van der Waals surface area contributed by atoms with Crippen LogP contribution in [-0.4, -0.2) is 42.1 Å². The van der Waals surface area contributed by atoms with Gasteiger partial charge in [0.2, 0.25) is 0 Å². The molecule has 1 heterocycles. The third kappa shape index (κ3) is 3.52. The van der Waals surface area contributed by atoms with Crippen LogP contribution in [0.1, 0.15) is 12.5 Å². The maximum atomic E-state index is 12.3. The lowest BCUT2D eigenvalue weighted by Crippen LogP contribution is -2.34. The van der Waals surface area contributed by atoms with E-state index in [4.69, 9.17) is 5.11 Å². The Hall–Kier alpha value is -2.08. The minimum Gasteiger partial charge on any atom is -0.481 e. The molecule has 6 heteroatoms. The van der Waals surface area contributed by atoms with Crippen molar-refractivity contribution in [3.8, 4) is 0 Å². The number of carboxylic acids is 1. The Morgan fingerprint density at radius 1 is 1.33 bits per heavy atom. The first-order valence-corrected chi connectivity index (χ1v) is 7.04. The normalized spacial score (nSPS) is 21.3. The van der Waals surface area contributed by atoms with Gasteiger partial charge in [0.25, 0.3) is 0 Å². The molecular weight excluding hydrogens is 270 g/mol. The fourth-order valence-electron chi connectivity index (χ4n) is 2.64. The van der Waals surface area contributed by atoms with E-state index in [9.17, 15) is 9.59 Å². The molecule has 114 valence electrons. The summed E-state index contributed by atoms with van der Waals surface area (Å²) in [7, 11) is 1.85. The van der Waals surface area contributed by atoms with Gasteiger partial charge >= 0.3 is 12.0 Å². The summed E-state index contributed by atoms with van der Waals surface area (Å²) in [6.07, 6.45) is 0. The quantitative estimate of drug-likeness (QED) is 0.787. The smallest absolute Gasteiger partial charge is 0.321 e. The second-order valence-electron chi connectivity index (χ2n) is 5.44. The highest BCUT2D eigenvalue weighted by molar-refractivity contribution is 5.91. The lowest BCUT2D eigenvalue weighted by molar-refractivity contribution is -0.142. The van der Waals surface area contributed by atoms with Crippen molar-refractivity contribution in [3.63, 3.8) is 0 Å². The van der Waals surface area contributed by atoms with Crippen LogP contribution < -0.4 is 10.6 Å². The molecule has 2 unspecified atom stereocenters. The van der Waals surface area contributed by atoms with Gasteiger partial charge in [0.05, 0.1) is 5.92 Å². The molecule has 1 aromatic carbocycles. The number of anilines is 1. The van der Waals surface area contributed by atoms with Gasteiger partial charge in [-0.3, -0.25) is 4.79 Å². The largest absolute Gasteiger partial charge is 0.481 e. The number of para-hydroxylation sites is 1. The number of benzene rings is 1. The molecule has 3 N–H and O–H groups in total. The van der Waals surface area contributed by atoms with E-state index in [0.29, 0.717) is 13.1 Å². The zero-order valence-electron chi connectivity index (χ0n) is 12.3.